The molecule has 1 aliphatic heterocycles. The van der Waals surface area contributed by atoms with Crippen molar-refractivity contribution in [1.29, 1.82) is 0 Å². The fourth-order valence-corrected chi connectivity index (χ4v) is 5.72. The molecular weight excluding hydrogens is 444 g/mol. The van der Waals surface area contributed by atoms with Crippen LogP contribution in [0.3, 0.4) is 0 Å². The van der Waals surface area contributed by atoms with E-state index in [1.165, 1.54) is 22.5 Å². The molecule has 2 heterocycles. The molecule has 34 heavy (non-hydrogen) atoms. The molecule has 3 aromatic rings. The summed E-state index contributed by atoms with van der Waals surface area (Å²) in [4.78, 5) is 29.8. The van der Waals surface area contributed by atoms with Crippen molar-refractivity contribution in [3.05, 3.63) is 87.1 Å². The van der Waals surface area contributed by atoms with E-state index >= 15 is 0 Å². The molecule has 1 aliphatic carbocycles. The number of ether oxygens (including phenoxy) is 1. The Morgan fingerprint density at radius 2 is 1.76 bits per heavy atom. The average Bonchev–Trinajstić information content (AvgIpc) is 3.40. The van der Waals surface area contributed by atoms with Crippen LogP contribution in [0.2, 0.25) is 0 Å². The van der Waals surface area contributed by atoms with Gasteiger partial charge in [-0.15, -0.1) is 11.3 Å². The van der Waals surface area contributed by atoms with Gasteiger partial charge in [-0.05, 0) is 67.1 Å². The predicted octanol–water partition coefficient (Wildman–Crippen LogP) is 4.91. The molecule has 6 heteroatoms. The SMILES string of the molecule is Cc1ccc(C(=O)N(Cc2ccc(OC3Cc4ccccc4C3)cc2)[C@H]2CCCCNC2=O)s1. The maximum absolute atomic E-state index is 13.5. The third-order valence-electron chi connectivity index (χ3n) is 6.69. The normalized spacial score (nSPS) is 18.1. The molecule has 1 atom stereocenters. The van der Waals surface area contributed by atoms with Crippen LogP contribution in [0.5, 0.6) is 5.75 Å². The highest BCUT2D eigenvalue weighted by atomic mass is 32.1. The number of aryl methyl sites for hydroxylation is 1. The van der Waals surface area contributed by atoms with Gasteiger partial charge in [0.1, 0.15) is 17.9 Å². The van der Waals surface area contributed by atoms with E-state index in [1.807, 2.05) is 43.3 Å². The lowest BCUT2D eigenvalue weighted by atomic mass is 10.1. The first-order valence-corrected chi connectivity index (χ1v) is 12.9. The number of carbonyl (C=O) groups is 2. The highest BCUT2D eigenvalue weighted by molar-refractivity contribution is 7.13. The Morgan fingerprint density at radius 1 is 1.03 bits per heavy atom. The highest BCUT2D eigenvalue weighted by Gasteiger charge is 2.32. The van der Waals surface area contributed by atoms with Gasteiger partial charge in [0.2, 0.25) is 5.91 Å². The Morgan fingerprint density at radius 3 is 2.44 bits per heavy atom. The van der Waals surface area contributed by atoms with Crippen LogP contribution >= 0.6 is 11.3 Å². The van der Waals surface area contributed by atoms with Crippen molar-refractivity contribution in [3.8, 4) is 5.75 Å². The summed E-state index contributed by atoms with van der Waals surface area (Å²) in [6.45, 7) is 3.06. The third-order valence-corrected chi connectivity index (χ3v) is 7.68. The number of rotatable bonds is 6. The molecule has 5 nitrogen and oxygen atoms in total. The lowest BCUT2D eigenvalue weighted by molar-refractivity contribution is -0.125. The minimum Gasteiger partial charge on any atom is -0.490 e. The third kappa shape index (κ3) is 5.02. The Balaban J connectivity index is 1.30. The van der Waals surface area contributed by atoms with E-state index in [2.05, 4.69) is 29.6 Å². The summed E-state index contributed by atoms with van der Waals surface area (Å²) in [5, 5.41) is 2.98. The molecule has 0 unspecified atom stereocenters. The van der Waals surface area contributed by atoms with Crippen LogP contribution in [0, 0.1) is 6.92 Å². The monoisotopic (exact) mass is 474 g/mol. The summed E-state index contributed by atoms with van der Waals surface area (Å²) in [6, 6.07) is 19.8. The van der Waals surface area contributed by atoms with E-state index in [4.69, 9.17) is 4.74 Å². The Kier molecular flexibility index (Phi) is 6.68. The van der Waals surface area contributed by atoms with Crippen LogP contribution in [0.25, 0.3) is 0 Å². The van der Waals surface area contributed by atoms with Gasteiger partial charge < -0.3 is 15.0 Å². The zero-order valence-electron chi connectivity index (χ0n) is 19.5. The van der Waals surface area contributed by atoms with Crippen LogP contribution in [0.4, 0.5) is 0 Å². The first-order valence-electron chi connectivity index (χ1n) is 12.0. The van der Waals surface area contributed by atoms with Gasteiger partial charge in [-0.2, -0.15) is 0 Å². The lowest BCUT2D eigenvalue weighted by Crippen LogP contribution is -2.48. The van der Waals surface area contributed by atoms with E-state index < -0.39 is 6.04 Å². The van der Waals surface area contributed by atoms with Crippen LogP contribution in [0.1, 0.15) is 50.5 Å². The molecule has 2 amide bonds. The lowest BCUT2D eigenvalue weighted by Gasteiger charge is -2.30. The smallest absolute Gasteiger partial charge is 0.264 e. The molecule has 0 radical (unpaired) electrons. The van der Waals surface area contributed by atoms with Crippen molar-refractivity contribution >= 4 is 23.2 Å². The fraction of sp³-hybridized carbons (Fsp3) is 0.357. The molecule has 0 saturated carbocycles. The summed E-state index contributed by atoms with van der Waals surface area (Å²) < 4.78 is 6.24. The summed E-state index contributed by atoms with van der Waals surface area (Å²) in [5.41, 5.74) is 3.72. The topological polar surface area (TPSA) is 58.6 Å². The van der Waals surface area contributed by atoms with Crippen molar-refractivity contribution in [2.75, 3.05) is 6.54 Å². The van der Waals surface area contributed by atoms with Crippen LogP contribution < -0.4 is 10.1 Å². The largest absolute Gasteiger partial charge is 0.490 e. The van der Waals surface area contributed by atoms with Gasteiger partial charge in [0.15, 0.2) is 0 Å². The first kappa shape index (κ1) is 22.7. The van der Waals surface area contributed by atoms with Crippen molar-refractivity contribution in [1.82, 2.24) is 10.2 Å². The predicted molar refractivity (Wildman–Crippen MR) is 134 cm³/mol. The van der Waals surface area contributed by atoms with Gasteiger partial charge in [0.25, 0.3) is 5.91 Å². The molecule has 0 spiro atoms. The molecule has 1 aromatic heterocycles. The van der Waals surface area contributed by atoms with E-state index in [0.717, 1.165) is 41.9 Å². The van der Waals surface area contributed by atoms with E-state index in [-0.39, 0.29) is 17.9 Å². The number of fused-ring (bicyclic) bond motifs is 1. The van der Waals surface area contributed by atoms with Gasteiger partial charge in [-0.1, -0.05) is 36.4 Å². The molecule has 176 valence electrons. The Bertz CT molecular complexity index is 1150. The average molecular weight is 475 g/mol. The van der Waals surface area contributed by atoms with Crippen molar-refractivity contribution < 1.29 is 14.3 Å². The fourth-order valence-electron chi connectivity index (χ4n) is 4.90. The van der Waals surface area contributed by atoms with Crippen LogP contribution in [-0.4, -0.2) is 35.4 Å². The zero-order chi connectivity index (χ0) is 23.5. The summed E-state index contributed by atoms with van der Waals surface area (Å²) in [5.74, 6) is 0.699. The maximum Gasteiger partial charge on any atom is 0.264 e. The van der Waals surface area contributed by atoms with E-state index in [0.29, 0.717) is 24.4 Å². The Labute approximate surface area is 204 Å². The zero-order valence-corrected chi connectivity index (χ0v) is 20.3. The summed E-state index contributed by atoms with van der Waals surface area (Å²) in [7, 11) is 0. The number of carbonyl (C=O) groups excluding carboxylic acids is 2. The van der Waals surface area contributed by atoms with Crippen molar-refractivity contribution in [3.63, 3.8) is 0 Å². The molecule has 0 bridgehead atoms. The molecular formula is C28H30N2O3S. The number of hydrogen-bond acceptors (Lipinski definition) is 4. The quantitative estimate of drug-likeness (QED) is 0.552. The molecule has 5 rings (SSSR count). The highest BCUT2D eigenvalue weighted by Crippen LogP contribution is 2.27. The minimum atomic E-state index is -0.453. The number of hydrogen-bond donors (Lipinski definition) is 1. The van der Waals surface area contributed by atoms with E-state index in [9.17, 15) is 9.59 Å². The number of thiophene rings is 1. The molecule has 2 aromatic carbocycles. The van der Waals surface area contributed by atoms with Gasteiger partial charge in [0, 0.05) is 30.8 Å². The second-order valence-electron chi connectivity index (χ2n) is 9.21. The van der Waals surface area contributed by atoms with Gasteiger partial charge >= 0.3 is 0 Å². The number of nitrogens with one attached hydrogen (secondary N) is 1. The minimum absolute atomic E-state index is 0.0557. The maximum atomic E-state index is 13.5. The number of amides is 2. The molecule has 1 N–H and O–H groups in total. The van der Waals surface area contributed by atoms with E-state index in [1.54, 1.807) is 4.90 Å². The van der Waals surface area contributed by atoms with Crippen molar-refractivity contribution in [2.45, 2.75) is 57.7 Å². The molecule has 1 saturated heterocycles. The summed E-state index contributed by atoms with van der Waals surface area (Å²) >= 11 is 1.48. The van der Waals surface area contributed by atoms with Gasteiger partial charge in [-0.25, -0.2) is 0 Å². The number of nitrogens with zero attached hydrogens (tertiary/aromatic N) is 1. The molecule has 2 aliphatic rings. The second kappa shape index (κ2) is 10.0. The van der Waals surface area contributed by atoms with Crippen LogP contribution in [0.15, 0.2) is 60.7 Å². The van der Waals surface area contributed by atoms with Crippen molar-refractivity contribution in [2.24, 2.45) is 0 Å². The number of benzene rings is 2. The standard InChI is InChI=1S/C28H30N2O3S/c1-19-9-14-26(34-19)28(32)30(25-8-4-5-15-29-27(25)31)18-20-10-12-23(13-11-20)33-24-16-21-6-2-3-7-22(21)17-24/h2-3,6-7,9-14,24-25H,4-5,8,15-18H2,1H3,(H,29,31)/t25-/m0/s1. The van der Waals surface area contributed by atoms with Gasteiger partial charge in [0.05, 0.1) is 4.88 Å². The first-order chi connectivity index (χ1) is 16.6. The Hall–Kier alpha value is -3.12. The molecule has 1 fully saturated rings. The van der Waals surface area contributed by atoms with Crippen LogP contribution in [-0.2, 0) is 24.2 Å². The second-order valence-corrected chi connectivity index (χ2v) is 10.5. The summed E-state index contributed by atoms with van der Waals surface area (Å²) in [6.07, 6.45) is 4.56. The van der Waals surface area contributed by atoms with Gasteiger partial charge in [-0.3, -0.25) is 9.59 Å².